The lowest BCUT2D eigenvalue weighted by atomic mass is 9.97. The third kappa shape index (κ3) is 3.98. The van der Waals surface area contributed by atoms with Gasteiger partial charge in [0.15, 0.2) is 0 Å². The molecule has 0 saturated carbocycles. The van der Waals surface area contributed by atoms with E-state index in [1.165, 1.54) is 6.92 Å². The summed E-state index contributed by atoms with van der Waals surface area (Å²) in [5, 5.41) is 14.4. The Labute approximate surface area is 113 Å². The molecule has 1 aromatic carbocycles. The fraction of sp³-hybridized carbons (Fsp3) is 0.429. The summed E-state index contributed by atoms with van der Waals surface area (Å²) >= 11 is 0. The first-order chi connectivity index (χ1) is 8.89. The number of carboxylic acid groups (broad SMARTS) is 1. The second kappa shape index (κ2) is 6.22. The van der Waals surface area contributed by atoms with E-state index in [0.717, 1.165) is 5.56 Å². The molecule has 0 aliphatic carbocycles. The van der Waals surface area contributed by atoms with E-state index in [-0.39, 0.29) is 0 Å². The van der Waals surface area contributed by atoms with Gasteiger partial charge in [0.2, 0.25) is 0 Å². The van der Waals surface area contributed by atoms with Crippen LogP contribution in [0.1, 0.15) is 32.3 Å². The Hall–Kier alpha value is -2.04. The monoisotopic (exact) mass is 264 g/mol. The first-order valence-electron chi connectivity index (χ1n) is 6.27. The van der Waals surface area contributed by atoms with Crippen molar-refractivity contribution in [1.82, 2.24) is 5.32 Å². The molecule has 2 amide bonds. The summed E-state index contributed by atoms with van der Waals surface area (Å²) in [6, 6.07) is 6.82. The molecule has 1 atom stereocenters. The molecule has 19 heavy (non-hydrogen) atoms. The van der Waals surface area contributed by atoms with E-state index in [1.807, 2.05) is 32.0 Å². The Kier molecular flexibility index (Phi) is 4.92. The van der Waals surface area contributed by atoms with Crippen LogP contribution in [0.2, 0.25) is 0 Å². The molecule has 0 bridgehead atoms. The maximum Gasteiger partial charge on any atom is 0.329 e. The number of hydrogen-bond donors (Lipinski definition) is 3. The van der Waals surface area contributed by atoms with Crippen LogP contribution in [0.3, 0.4) is 0 Å². The van der Waals surface area contributed by atoms with Gasteiger partial charge >= 0.3 is 12.0 Å². The maximum absolute atomic E-state index is 11.9. The molecule has 104 valence electrons. The molecule has 0 spiro atoms. The van der Waals surface area contributed by atoms with Gasteiger partial charge in [-0.15, -0.1) is 0 Å². The number of aryl methyl sites for hydroxylation is 1. The molecule has 1 aromatic rings. The van der Waals surface area contributed by atoms with E-state index >= 15 is 0 Å². The third-order valence-electron chi connectivity index (χ3n) is 3.00. The minimum Gasteiger partial charge on any atom is -0.480 e. The first kappa shape index (κ1) is 15.0. The average Bonchev–Trinajstić information content (AvgIpc) is 2.32. The van der Waals surface area contributed by atoms with Gasteiger partial charge in [0, 0.05) is 5.69 Å². The molecule has 1 rings (SSSR count). The quantitative estimate of drug-likeness (QED) is 0.765. The van der Waals surface area contributed by atoms with Crippen LogP contribution in [-0.2, 0) is 4.79 Å². The minimum atomic E-state index is -1.25. The minimum absolute atomic E-state index is 0.378. The van der Waals surface area contributed by atoms with Gasteiger partial charge in [0.05, 0.1) is 0 Å². The Bertz CT molecular complexity index is 474. The molecule has 0 heterocycles. The van der Waals surface area contributed by atoms with Crippen LogP contribution in [-0.4, -0.2) is 22.6 Å². The molecule has 5 heteroatoms. The summed E-state index contributed by atoms with van der Waals surface area (Å²) in [7, 11) is 0. The SMILES string of the molecule is CCCC(C)(NC(=O)Nc1ccccc1C)C(=O)O. The molecule has 0 aliphatic rings. The van der Waals surface area contributed by atoms with Gasteiger partial charge in [-0.1, -0.05) is 31.5 Å². The summed E-state index contributed by atoms with van der Waals surface area (Å²) in [4.78, 5) is 23.1. The van der Waals surface area contributed by atoms with Crippen molar-refractivity contribution in [2.45, 2.75) is 39.2 Å². The molecule has 1 unspecified atom stereocenters. The number of carbonyl (C=O) groups excluding carboxylic acids is 1. The van der Waals surface area contributed by atoms with Gasteiger partial charge in [-0.2, -0.15) is 0 Å². The molecular formula is C14H20N2O3. The lowest BCUT2D eigenvalue weighted by molar-refractivity contribution is -0.143. The van der Waals surface area contributed by atoms with Crippen molar-refractivity contribution in [1.29, 1.82) is 0 Å². The smallest absolute Gasteiger partial charge is 0.329 e. The van der Waals surface area contributed by atoms with Crippen LogP contribution in [0.5, 0.6) is 0 Å². The summed E-state index contributed by atoms with van der Waals surface area (Å²) in [6.07, 6.45) is 1.05. The molecule has 3 N–H and O–H groups in total. The van der Waals surface area contributed by atoms with Crippen LogP contribution in [0.15, 0.2) is 24.3 Å². The second-order valence-electron chi connectivity index (χ2n) is 4.78. The number of anilines is 1. The summed E-state index contributed by atoms with van der Waals surface area (Å²) in [6.45, 7) is 5.26. The topological polar surface area (TPSA) is 78.4 Å². The summed E-state index contributed by atoms with van der Waals surface area (Å²) < 4.78 is 0. The summed E-state index contributed by atoms with van der Waals surface area (Å²) in [5.74, 6) is -1.03. The van der Waals surface area contributed by atoms with Crippen molar-refractivity contribution >= 4 is 17.7 Å². The number of hydrogen-bond acceptors (Lipinski definition) is 2. The number of rotatable bonds is 5. The Morgan fingerprint density at radius 2 is 1.95 bits per heavy atom. The molecule has 0 aliphatic heterocycles. The zero-order chi connectivity index (χ0) is 14.5. The molecule has 0 radical (unpaired) electrons. The molecule has 0 aromatic heterocycles. The van der Waals surface area contributed by atoms with Crippen molar-refractivity contribution in [3.63, 3.8) is 0 Å². The highest BCUT2D eigenvalue weighted by molar-refractivity contribution is 5.94. The van der Waals surface area contributed by atoms with E-state index in [0.29, 0.717) is 18.5 Å². The number of nitrogens with one attached hydrogen (secondary N) is 2. The summed E-state index contributed by atoms with van der Waals surface area (Å²) in [5.41, 5.74) is 0.344. The van der Waals surface area contributed by atoms with Gasteiger partial charge in [0.25, 0.3) is 0 Å². The highest BCUT2D eigenvalue weighted by atomic mass is 16.4. The predicted octanol–water partition coefficient (Wildman–Crippen LogP) is 2.76. The zero-order valence-electron chi connectivity index (χ0n) is 11.5. The van der Waals surface area contributed by atoms with Gasteiger partial charge in [-0.05, 0) is 31.9 Å². The van der Waals surface area contributed by atoms with Crippen LogP contribution < -0.4 is 10.6 Å². The standard InChI is InChI=1S/C14H20N2O3/c1-4-9-14(3,12(17)18)16-13(19)15-11-8-6-5-7-10(11)2/h5-8H,4,9H2,1-3H3,(H,17,18)(H2,15,16,19). The van der Waals surface area contributed by atoms with E-state index in [9.17, 15) is 14.7 Å². The van der Waals surface area contributed by atoms with E-state index in [1.54, 1.807) is 6.07 Å². The van der Waals surface area contributed by atoms with Crippen LogP contribution in [0, 0.1) is 6.92 Å². The Morgan fingerprint density at radius 1 is 1.32 bits per heavy atom. The molecular weight excluding hydrogens is 244 g/mol. The van der Waals surface area contributed by atoms with E-state index in [4.69, 9.17) is 0 Å². The first-order valence-corrected chi connectivity index (χ1v) is 6.27. The molecule has 0 fully saturated rings. The van der Waals surface area contributed by atoms with Crippen molar-refractivity contribution in [2.75, 3.05) is 5.32 Å². The fourth-order valence-electron chi connectivity index (χ4n) is 1.84. The Balaban J connectivity index is 2.74. The molecule has 5 nitrogen and oxygen atoms in total. The number of carboxylic acids is 1. The fourth-order valence-corrected chi connectivity index (χ4v) is 1.84. The van der Waals surface area contributed by atoms with Gasteiger partial charge < -0.3 is 15.7 Å². The van der Waals surface area contributed by atoms with E-state index < -0.39 is 17.5 Å². The van der Waals surface area contributed by atoms with Crippen molar-refractivity contribution in [2.24, 2.45) is 0 Å². The van der Waals surface area contributed by atoms with Crippen molar-refractivity contribution in [3.05, 3.63) is 29.8 Å². The van der Waals surface area contributed by atoms with Gasteiger partial charge in [-0.3, -0.25) is 0 Å². The number of aliphatic carboxylic acids is 1. The third-order valence-corrected chi connectivity index (χ3v) is 3.00. The lowest BCUT2D eigenvalue weighted by Crippen LogP contribution is -2.53. The zero-order valence-corrected chi connectivity index (χ0v) is 11.5. The lowest BCUT2D eigenvalue weighted by Gasteiger charge is -2.26. The van der Waals surface area contributed by atoms with Crippen molar-refractivity contribution in [3.8, 4) is 0 Å². The maximum atomic E-state index is 11.9. The molecule has 0 saturated heterocycles. The largest absolute Gasteiger partial charge is 0.480 e. The van der Waals surface area contributed by atoms with E-state index in [2.05, 4.69) is 10.6 Å². The number of para-hydroxylation sites is 1. The highest BCUT2D eigenvalue weighted by Gasteiger charge is 2.33. The van der Waals surface area contributed by atoms with Crippen LogP contribution in [0.25, 0.3) is 0 Å². The average molecular weight is 264 g/mol. The Morgan fingerprint density at radius 3 is 2.47 bits per heavy atom. The predicted molar refractivity (Wildman–Crippen MR) is 74.3 cm³/mol. The normalized spacial score (nSPS) is 13.4. The number of amides is 2. The number of carbonyl (C=O) groups is 2. The van der Waals surface area contributed by atoms with Crippen LogP contribution >= 0.6 is 0 Å². The number of urea groups is 1. The van der Waals surface area contributed by atoms with Gasteiger partial charge in [-0.25, -0.2) is 9.59 Å². The second-order valence-corrected chi connectivity index (χ2v) is 4.78. The number of benzene rings is 1. The highest BCUT2D eigenvalue weighted by Crippen LogP contribution is 2.15. The van der Waals surface area contributed by atoms with Gasteiger partial charge in [0.1, 0.15) is 5.54 Å². The van der Waals surface area contributed by atoms with Crippen molar-refractivity contribution < 1.29 is 14.7 Å². The van der Waals surface area contributed by atoms with Crippen LogP contribution in [0.4, 0.5) is 10.5 Å².